The highest BCUT2D eigenvalue weighted by molar-refractivity contribution is 5.82. The molecule has 0 spiro atoms. The molecule has 0 aliphatic heterocycles. The van der Waals surface area contributed by atoms with Gasteiger partial charge in [0.15, 0.2) is 23.0 Å². The molecule has 0 fully saturated rings. The van der Waals surface area contributed by atoms with Crippen LogP contribution in [0.2, 0.25) is 0 Å². The molecule has 0 saturated carbocycles. The zero-order valence-electron chi connectivity index (χ0n) is 19.9. The molecule has 0 bridgehead atoms. The number of pyridine rings is 1. The lowest BCUT2D eigenvalue weighted by Gasteiger charge is -2.18. The van der Waals surface area contributed by atoms with Gasteiger partial charge in [0.25, 0.3) is 6.43 Å². The number of hydrogen-bond donors (Lipinski definition) is 1. The standard InChI is InChI=1S/C23H22F2N10O/c1-23(2,3)16-9-17(32-35(16)7-5-26)30-22-31-21-19(33(22)4)18(20(24)25)15(11-28-21)36-14-12-29-34-8-6-27-10-13(14)34/h6,8-12,20H,7H2,1-4H3,(H,28,30,31,32). The van der Waals surface area contributed by atoms with Crippen LogP contribution in [0, 0.1) is 11.3 Å². The summed E-state index contributed by atoms with van der Waals surface area (Å²) in [6.45, 7) is 6.11. The number of aromatic nitrogens is 8. The SMILES string of the molecule is Cn1c(Nc2cc(C(C)(C)C)n(CC#N)n2)nc2ncc(Oc3cnn4ccncc34)c(C(F)F)c21. The van der Waals surface area contributed by atoms with Crippen LogP contribution in [0.15, 0.2) is 37.1 Å². The van der Waals surface area contributed by atoms with Crippen molar-refractivity contribution in [3.8, 4) is 17.6 Å². The first-order valence-electron chi connectivity index (χ1n) is 11.0. The zero-order chi connectivity index (χ0) is 25.6. The molecule has 184 valence electrons. The molecular formula is C23H22F2N10O. The summed E-state index contributed by atoms with van der Waals surface area (Å²) in [7, 11) is 1.60. The fourth-order valence-corrected chi connectivity index (χ4v) is 3.98. The van der Waals surface area contributed by atoms with Crippen LogP contribution in [0.25, 0.3) is 16.7 Å². The van der Waals surface area contributed by atoms with Gasteiger partial charge in [0, 0.05) is 36.6 Å². The largest absolute Gasteiger partial charge is 0.451 e. The van der Waals surface area contributed by atoms with Gasteiger partial charge in [0.1, 0.15) is 17.6 Å². The van der Waals surface area contributed by atoms with Crippen LogP contribution in [0.1, 0.15) is 38.5 Å². The molecule has 0 radical (unpaired) electrons. The predicted molar refractivity (Wildman–Crippen MR) is 126 cm³/mol. The monoisotopic (exact) mass is 492 g/mol. The molecule has 0 aliphatic carbocycles. The molecule has 13 heteroatoms. The fraction of sp³-hybridized carbons (Fsp3) is 0.304. The van der Waals surface area contributed by atoms with E-state index in [1.165, 1.54) is 27.7 Å². The van der Waals surface area contributed by atoms with E-state index < -0.39 is 6.43 Å². The summed E-state index contributed by atoms with van der Waals surface area (Å²) in [5.74, 6) is 0.852. The van der Waals surface area contributed by atoms with Crippen molar-refractivity contribution >= 4 is 28.4 Å². The molecule has 0 aliphatic rings. The maximum absolute atomic E-state index is 14.3. The summed E-state index contributed by atoms with van der Waals surface area (Å²) in [4.78, 5) is 12.7. The number of imidazole rings is 1. The molecule has 36 heavy (non-hydrogen) atoms. The van der Waals surface area contributed by atoms with Gasteiger partial charge in [-0.1, -0.05) is 20.8 Å². The Labute approximate surface area is 204 Å². The van der Waals surface area contributed by atoms with Gasteiger partial charge in [-0.25, -0.2) is 18.3 Å². The van der Waals surface area contributed by atoms with Crippen LogP contribution in [0.5, 0.6) is 11.5 Å². The number of hydrogen-bond acceptors (Lipinski definition) is 8. The van der Waals surface area contributed by atoms with Crippen LogP contribution in [0.3, 0.4) is 0 Å². The van der Waals surface area contributed by atoms with Gasteiger partial charge in [-0.15, -0.1) is 0 Å². The highest BCUT2D eigenvalue weighted by atomic mass is 19.3. The number of nitrogens with one attached hydrogen (secondary N) is 1. The normalized spacial score (nSPS) is 11.9. The molecule has 0 atom stereocenters. The van der Waals surface area contributed by atoms with E-state index in [2.05, 4.69) is 36.5 Å². The van der Waals surface area contributed by atoms with E-state index in [9.17, 15) is 8.78 Å². The summed E-state index contributed by atoms with van der Waals surface area (Å²) in [5, 5.41) is 20.8. The number of anilines is 2. The Morgan fingerprint density at radius 2 is 2.00 bits per heavy atom. The number of alkyl halides is 2. The molecule has 5 aromatic heterocycles. The fourth-order valence-electron chi connectivity index (χ4n) is 3.98. The lowest BCUT2D eigenvalue weighted by molar-refractivity contribution is 0.149. The molecule has 11 nitrogen and oxygen atoms in total. The second-order valence-electron chi connectivity index (χ2n) is 9.13. The van der Waals surface area contributed by atoms with Gasteiger partial charge >= 0.3 is 0 Å². The minimum Gasteiger partial charge on any atom is -0.451 e. The maximum atomic E-state index is 14.3. The Kier molecular flexibility index (Phi) is 5.51. The number of ether oxygens (including phenoxy) is 1. The molecule has 0 aromatic carbocycles. The minimum absolute atomic E-state index is 0.0771. The first kappa shape index (κ1) is 23.2. The van der Waals surface area contributed by atoms with Gasteiger partial charge in [-0.2, -0.15) is 20.4 Å². The number of halogens is 2. The zero-order valence-corrected chi connectivity index (χ0v) is 19.9. The quantitative estimate of drug-likeness (QED) is 0.367. The summed E-state index contributed by atoms with van der Waals surface area (Å²) in [5.41, 5.74) is 0.990. The molecule has 0 amide bonds. The second-order valence-corrected chi connectivity index (χ2v) is 9.13. The number of rotatable bonds is 6. The Bertz CT molecular complexity index is 1620. The van der Waals surface area contributed by atoms with E-state index in [0.717, 1.165) is 5.69 Å². The van der Waals surface area contributed by atoms with Crippen LogP contribution in [-0.2, 0) is 19.0 Å². The molecule has 1 N–H and O–H groups in total. The van der Waals surface area contributed by atoms with E-state index in [1.54, 1.807) is 24.1 Å². The summed E-state index contributed by atoms with van der Waals surface area (Å²) in [6.07, 6.45) is 4.49. The summed E-state index contributed by atoms with van der Waals surface area (Å²) < 4.78 is 39.1. The average Bonchev–Trinajstić information content (AvgIpc) is 3.51. The van der Waals surface area contributed by atoms with E-state index in [-0.39, 0.29) is 46.1 Å². The first-order valence-corrected chi connectivity index (χ1v) is 11.0. The number of fused-ring (bicyclic) bond motifs is 2. The maximum Gasteiger partial charge on any atom is 0.269 e. The number of nitrogens with zero attached hydrogens (tertiary/aromatic N) is 9. The molecular weight excluding hydrogens is 470 g/mol. The van der Waals surface area contributed by atoms with Crippen molar-refractivity contribution in [3.05, 3.63) is 48.3 Å². The van der Waals surface area contributed by atoms with Crippen LogP contribution in [0.4, 0.5) is 20.5 Å². The smallest absolute Gasteiger partial charge is 0.269 e. The van der Waals surface area contributed by atoms with Crippen molar-refractivity contribution in [1.29, 1.82) is 5.26 Å². The van der Waals surface area contributed by atoms with E-state index in [1.807, 2.05) is 26.8 Å². The molecule has 5 aromatic rings. The lowest BCUT2D eigenvalue weighted by Crippen LogP contribution is -2.18. The number of nitriles is 1. The molecule has 5 heterocycles. The Morgan fingerprint density at radius 1 is 1.19 bits per heavy atom. The van der Waals surface area contributed by atoms with Crippen LogP contribution in [-0.4, -0.2) is 38.9 Å². The van der Waals surface area contributed by atoms with Crippen LogP contribution < -0.4 is 10.1 Å². The van der Waals surface area contributed by atoms with E-state index in [0.29, 0.717) is 11.3 Å². The van der Waals surface area contributed by atoms with Crippen molar-refractivity contribution in [1.82, 2.24) is 38.9 Å². The van der Waals surface area contributed by atoms with Crippen molar-refractivity contribution < 1.29 is 13.5 Å². The van der Waals surface area contributed by atoms with Gasteiger partial charge in [-0.05, 0) is 0 Å². The van der Waals surface area contributed by atoms with Gasteiger partial charge < -0.3 is 14.6 Å². The highest BCUT2D eigenvalue weighted by Crippen LogP contribution is 2.39. The van der Waals surface area contributed by atoms with Crippen molar-refractivity contribution in [2.45, 2.75) is 39.2 Å². The molecule has 0 saturated heterocycles. The number of aryl methyl sites for hydroxylation is 1. The Morgan fingerprint density at radius 3 is 2.72 bits per heavy atom. The third-order valence-electron chi connectivity index (χ3n) is 5.64. The summed E-state index contributed by atoms with van der Waals surface area (Å²) in [6, 6.07) is 3.91. The lowest BCUT2D eigenvalue weighted by atomic mass is 9.92. The topological polar surface area (TPSA) is 124 Å². The average molecular weight is 492 g/mol. The van der Waals surface area contributed by atoms with E-state index in [4.69, 9.17) is 10.00 Å². The molecule has 5 rings (SSSR count). The highest BCUT2D eigenvalue weighted by Gasteiger charge is 2.26. The van der Waals surface area contributed by atoms with Gasteiger partial charge in [0.05, 0.1) is 30.2 Å². The third-order valence-corrected chi connectivity index (χ3v) is 5.64. The molecule has 0 unspecified atom stereocenters. The Balaban J connectivity index is 1.56. The minimum atomic E-state index is -2.86. The third kappa shape index (κ3) is 3.96. The van der Waals surface area contributed by atoms with E-state index >= 15 is 0 Å². The second kappa shape index (κ2) is 8.56. The summed E-state index contributed by atoms with van der Waals surface area (Å²) >= 11 is 0. The van der Waals surface area contributed by atoms with Gasteiger partial charge in [-0.3, -0.25) is 9.67 Å². The van der Waals surface area contributed by atoms with Crippen LogP contribution >= 0.6 is 0 Å². The van der Waals surface area contributed by atoms with Crippen molar-refractivity contribution in [2.75, 3.05) is 5.32 Å². The Hall–Kier alpha value is -4.60. The van der Waals surface area contributed by atoms with Crippen molar-refractivity contribution in [3.63, 3.8) is 0 Å². The van der Waals surface area contributed by atoms with Gasteiger partial charge in [0.2, 0.25) is 5.95 Å². The predicted octanol–water partition coefficient (Wildman–Crippen LogP) is 4.50. The first-order chi connectivity index (χ1) is 17.2. The van der Waals surface area contributed by atoms with Crippen molar-refractivity contribution in [2.24, 2.45) is 7.05 Å².